The van der Waals surface area contributed by atoms with Crippen LogP contribution < -0.4 is 0 Å². The average molecular weight is 419 g/mol. The highest BCUT2D eigenvalue weighted by Gasteiger charge is 2.55. The first-order valence-electron chi connectivity index (χ1n) is 12.1. The summed E-state index contributed by atoms with van der Waals surface area (Å²) in [6.45, 7) is 24.3. The van der Waals surface area contributed by atoms with E-state index in [1.807, 2.05) is 0 Å². The van der Waals surface area contributed by atoms with E-state index in [0.29, 0.717) is 29.0 Å². The molecule has 3 saturated carbocycles. The third kappa shape index (κ3) is 3.95. The number of hydrogen-bond acceptors (Lipinski definition) is 2. The first-order chi connectivity index (χ1) is 13.2. The normalized spacial score (nSPS) is 41.5. The fourth-order valence-electron chi connectivity index (χ4n) is 6.82. The zero-order valence-electron chi connectivity index (χ0n) is 20.5. The number of rotatable bonds is 4. The Hall–Kier alpha value is -0.413. The summed E-state index contributed by atoms with van der Waals surface area (Å²) in [5.41, 5.74) is 2.07. The summed E-state index contributed by atoms with van der Waals surface area (Å²) in [4.78, 5) is 12.5. The van der Waals surface area contributed by atoms with E-state index in [1.165, 1.54) is 31.3 Å². The second kappa shape index (κ2) is 7.62. The highest BCUT2D eigenvalue weighted by Crippen LogP contribution is 2.63. The van der Waals surface area contributed by atoms with Crippen molar-refractivity contribution in [1.29, 1.82) is 0 Å². The van der Waals surface area contributed by atoms with E-state index < -0.39 is 8.32 Å². The van der Waals surface area contributed by atoms with Crippen LogP contribution in [0.3, 0.4) is 0 Å². The smallest absolute Gasteiger partial charge is 0.191 e. The van der Waals surface area contributed by atoms with Crippen LogP contribution in [-0.2, 0) is 9.22 Å². The van der Waals surface area contributed by atoms with Gasteiger partial charge in [0, 0.05) is 19.4 Å². The van der Waals surface area contributed by atoms with E-state index in [9.17, 15) is 4.79 Å². The Labute approximate surface area is 181 Å². The van der Waals surface area contributed by atoms with Crippen LogP contribution in [0.25, 0.3) is 0 Å². The second-order valence-corrected chi connectivity index (χ2v) is 17.5. The van der Waals surface area contributed by atoms with Gasteiger partial charge in [-0.3, -0.25) is 4.79 Å². The fourth-order valence-corrected chi connectivity index (χ4v) is 7.87. The van der Waals surface area contributed by atoms with Gasteiger partial charge in [-0.15, -0.1) is 0 Å². The molecule has 0 aliphatic heterocycles. The van der Waals surface area contributed by atoms with Crippen molar-refractivity contribution in [2.75, 3.05) is 6.61 Å². The minimum absolute atomic E-state index is 0.215. The molecule has 0 aromatic carbocycles. The maximum atomic E-state index is 12.5. The van der Waals surface area contributed by atoms with Crippen molar-refractivity contribution in [1.82, 2.24) is 0 Å². The molecule has 3 heteroatoms. The number of fused-ring (bicyclic) bond motifs is 1. The molecular formula is C26H46O2Si. The lowest BCUT2D eigenvalue weighted by molar-refractivity contribution is -0.131. The fraction of sp³-hybridized carbons (Fsp3) is 0.885. The summed E-state index contributed by atoms with van der Waals surface area (Å²) in [5.74, 6) is 3.01. The molecule has 0 radical (unpaired) electrons. The maximum Gasteiger partial charge on any atom is 0.191 e. The molecule has 0 aromatic rings. The lowest BCUT2D eigenvalue weighted by Crippen LogP contribution is -2.51. The number of allylic oxidation sites excluding steroid dienone is 1. The van der Waals surface area contributed by atoms with Crippen LogP contribution in [0, 0.1) is 34.5 Å². The quantitative estimate of drug-likeness (QED) is 0.351. The number of carbonyl (C=O) groups is 1. The van der Waals surface area contributed by atoms with Gasteiger partial charge in [-0.2, -0.15) is 0 Å². The Bertz CT molecular complexity index is 660. The van der Waals surface area contributed by atoms with Gasteiger partial charge in [0.2, 0.25) is 0 Å². The van der Waals surface area contributed by atoms with E-state index in [1.54, 1.807) is 0 Å². The van der Waals surface area contributed by atoms with Crippen molar-refractivity contribution in [2.24, 2.45) is 34.5 Å². The lowest BCUT2D eigenvalue weighted by atomic mass is 9.50. The van der Waals surface area contributed by atoms with Gasteiger partial charge >= 0.3 is 0 Å². The summed E-state index contributed by atoms with van der Waals surface area (Å²) in [6, 6.07) is 0. The molecule has 2 nitrogen and oxygen atoms in total. The van der Waals surface area contributed by atoms with Crippen molar-refractivity contribution in [3.05, 3.63) is 12.2 Å². The van der Waals surface area contributed by atoms with Gasteiger partial charge in [0.15, 0.2) is 8.32 Å². The van der Waals surface area contributed by atoms with E-state index in [4.69, 9.17) is 4.43 Å². The van der Waals surface area contributed by atoms with Crippen LogP contribution in [0.2, 0.25) is 18.1 Å². The summed E-state index contributed by atoms with van der Waals surface area (Å²) in [6.07, 6.45) is 7.64. The molecule has 29 heavy (non-hydrogen) atoms. The van der Waals surface area contributed by atoms with Crippen LogP contribution in [-0.4, -0.2) is 20.7 Å². The molecule has 3 aliphatic carbocycles. The molecule has 0 amide bonds. The Morgan fingerprint density at radius 2 is 1.76 bits per heavy atom. The van der Waals surface area contributed by atoms with Gasteiger partial charge in [0.1, 0.15) is 5.78 Å². The molecule has 3 fully saturated rings. The van der Waals surface area contributed by atoms with Gasteiger partial charge in [0.25, 0.3) is 0 Å². The standard InChI is InChI=1S/C26H46O2Si/c1-18-10-11-22-19(2)23(13-15-25(18,22)6)26(7)14-12-21(27)16-20(26)17-28-29(8,9)24(3,4)5/h19-20,22-23H,1,10-17H2,2-9H3/t19-,20+,22-,23-,25+,26-/m0/s1. The van der Waals surface area contributed by atoms with E-state index in [0.717, 1.165) is 31.8 Å². The molecule has 6 atom stereocenters. The summed E-state index contributed by atoms with van der Waals surface area (Å²) < 4.78 is 6.70. The minimum Gasteiger partial charge on any atom is -0.417 e. The van der Waals surface area contributed by atoms with Crippen molar-refractivity contribution < 1.29 is 9.22 Å². The molecule has 166 valence electrons. The first kappa shape index (κ1) is 23.3. The molecule has 3 rings (SSSR count). The van der Waals surface area contributed by atoms with Gasteiger partial charge in [0.05, 0.1) is 0 Å². The van der Waals surface area contributed by atoms with Gasteiger partial charge in [-0.1, -0.05) is 53.7 Å². The van der Waals surface area contributed by atoms with Crippen molar-refractivity contribution in [2.45, 2.75) is 105 Å². The Balaban J connectivity index is 1.81. The van der Waals surface area contributed by atoms with Gasteiger partial charge in [-0.05, 0) is 84.7 Å². The third-order valence-electron chi connectivity index (χ3n) is 10.3. The highest BCUT2D eigenvalue weighted by molar-refractivity contribution is 6.74. The topological polar surface area (TPSA) is 26.3 Å². The molecule has 0 N–H and O–H groups in total. The SMILES string of the molecule is C=C1CC[C@H]2[C@H](C)[C@@H]([C@@]3(C)CCC(=O)C[C@@H]3CO[Si](C)(C)C(C)(C)C)CC[C@]12C. The highest BCUT2D eigenvalue weighted by atomic mass is 28.4. The summed E-state index contributed by atoms with van der Waals surface area (Å²) in [5, 5.41) is 0.215. The molecule has 0 aromatic heterocycles. The van der Waals surface area contributed by atoms with E-state index >= 15 is 0 Å². The zero-order valence-corrected chi connectivity index (χ0v) is 21.5. The Morgan fingerprint density at radius 3 is 2.38 bits per heavy atom. The van der Waals surface area contributed by atoms with Crippen LogP contribution in [0.4, 0.5) is 0 Å². The number of hydrogen-bond donors (Lipinski definition) is 0. The van der Waals surface area contributed by atoms with Gasteiger partial charge < -0.3 is 4.43 Å². The van der Waals surface area contributed by atoms with Crippen LogP contribution in [0.1, 0.15) is 86.5 Å². The number of carbonyl (C=O) groups excluding carboxylic acids is 1. The predicted octanol–water partition coefficient (Wildman–Crippen LogP) is 7.40. The molecule has 0 spiro atoms. The van der Waals surface area contributed by atoms with Crippen molar-refractivity contribution in [3.8, 4) is 0 Å². The van der Waals surface area contributed by atoms with Crippen molar-refractivity contribution in [3.63, 3.8) is 0 Å². The molecule has 0 bridgehead atoms. The maximum absolute atomic E-state index is 12.5. The third-order valence-corrected chi connectivity index (χ3v) is 14.8. The monoisotopic (exact) mass is 418 g/mol. The predicted molar refractivity (Wildman–Crippen MR) is 125 cm³/mol. The van der Waals surface area contributed by atoms with E-state index in [2.05, 4.69) is 61.2 Å². The second-order valence-electron chi connectivity index (χ2n) is 12.7. The summed E-state index contributed by atoms with van der Waals surface area (Å²) in [7, 11) is -1.81. The lowest BCUT2D eigenvalue weighted by Gasteiger charge is -2.55. The molecule has 0 heterocycles. The molecule has 0 saturated heterocycles. The van der Waals surface area contributed by atoms with Gasteiger partial charge in [-0.25, -0.2) is 0 Å². The van der Waals surface area contributed by atoms with Crippen LogP contribution >= 0.6 is 0 Å². The Kier molecular flexibility index (Phi) is 6.11. The van der Waals surface area contributed by atoms with E-state index in [-0.39, 0.29) is 10.5 Å². The van der Waals surface area contributed by atoms with Crippen molar-refractivity contribution >= 4 is 14.1 Å². The van der Waals surface area contributed by atoms with Crippen LogP contribution in [0.5, 0.6) is 0 Å². The Morgan fingerprint density at radius 1 is 1.10 bits per heavy atom. The van der Waals surface area contributed by atoms with Crippen LogP contribution in [0.15, 0.2) is 12.2 Å². The zero-order chi connectivity index (χ0) is 21.8. The summed E-state index contributed by atoms with van der Waals surface area (Å²) >= 11 is 0. The molecule has 3 aliphatic rings. The first-order valence-corrected chi connectivity index (χ1v) is 15.0. The molecule has 0 unspecified atom stereocenters. The number of ketones is 1. The number of Topliss-reactive ketones (excluding diaryl/α,β-unsaturated/α-hetero) is 1. The largest absolute Gasteiger partial charge is 0.417 e. The minimum atomic E-state index is -1.81. The molecular weight excluding hydrogens is 372 g/mol. The average Bonchev–Trinajstić information content (AvgIpc) is 2.91.